The maximum Gasteiger partial charge on any atom is 0.416 e. The van der Waals surface area contributed by atoms with Crippen LogP contribution in [0.1, 0.15) is 31.2 Å². The highest BCUT2D eigenvalue weighted by molar-refractivity contribution is 7.89. The van der Waals surface area contributed by atoms with Gasteiger partial charge < -0.3 is 0 Å². The van der Waals surface area contributed by atoms with E-state index < -0.39 is 21.8 Å². The number of aliphatic imine (C=N–C) groups is 1. The molecule has 0 spiro atoms. The first-order valence-corrected chi connectivity index (χ1v) is 8.93. The maximum atomic E-state index is 12.9. The Kier molecular flexibility index (Phi) is 4.22. The fourth-order valence-electron chi connectivity index (χ4n) is 2.83. The molecule has 2 aliphatic rings. The molecule has 3 rings (SSSR count). The average molecular weight is 346 g/mol. The van der Waals surface area contributed by atoms with Crippen LogP contribution in [0.25, 0.3) is 0 Å². The average Bonchev–Trinajstić information content (AvgIpc) is 3.32. The molecule has 23 heavy (non-hydrogen) atoms. The van der Waals surface area contributed by atoms with Crippen LogP contribution in [-0.2, 0) is 16.2 Å². The van der Waals surface area contributed by atoms with Crippen LogP contribution in [0, 0.1) is 0 Å². The summed E-state index contributed by atoms with van der Waals surface area (Å²) in [5.74, 6) is 0. The summed E-state index contributed by atoms with van der Waals surface area (Å²) in [6, 6.07) is 3.65. The van der Waals surface area contributed by atoms with Gasteiger partial charge in [0.05, 0.1) is 10.5 Å². The van der Waals surface area contributed by atoms with Gasteiger partial charge in [-0.1, -0.05) is 6.07 Å². The van der Waals surface area contributed by atoms with Crippen molar-refractivity contribution in [3.05, 3.63) is 29.8 Å². The predicted octanol–water partition coefficient (Wildman–Crippen LogP) is 3.09. The van der Waals surface area contributed by atoms with E-state index in [1.807, 2.05) is 0 Å². The van der Waals surface area contributed by atoms with Crippen LogP contribution >= 0.6 is 0 Å². The van der Waals surface area contributed by atoms with E-state index in [0.717, 1.165) is 31.0 Å². The van der Waals surface area contributed by atoms with Crippen molar-refractivity contribution in [1.29, 1.82) is 0 Å². The number of rotatable bonds is 4. The van der Waals surface area contributed by atoms with Crippen LogP contribution in [0.4, 0.5) is 13.2 Å². The lowest BCUT2D eigenvalue weighted by molar-refractivity contribution is -0.137. The minimum atomic E-state index is -4.56. The Morgan fingerprint density at radius 3 is 2.43 bits per heavy atom. The SMILES string of the molecule is O=S(=O)(c1cccc(C(F)(F)F)c1)N(C1CC=NCC1)C1CC1. The highest BCUT2D eigenvalue weighted by Gasteiger charge is 2.43. The lowest BCUT2D eigenvalue weighted by atomic mass is 10.1. The Bertz CT molecular complexity index is 712. The Hall–Kier alpha value is -1.41. The topological polar surface area (TPSA) is 49.7 Å². The largest absolute Gasteiger partial charge is 0.416 e. The van der Waals surface area contributed by atoms with E-state index in [2.05, 4.69) is 4.99 Å². The van der Waals surface area contributed by atoms with Gasteiger partial charge in [0.2, 0.25) is 10.0 Å². The quantitative estimate of drug-likeness (QED) is 0.841. The molecule has 1 saturated carbocycles. The second-order valence-corrected chi connectivity index (χ2v) is 7.70. The first kappa shape index (κ1) is 16.4. The molecule has 0 aromatic heterocycles. The predicted molar refractivity (Wildman–Crippen MR) is 79.9 cm³/mol. The van der Waals surface area contributed by atoms with E-state index in [9.17, 15) is 21.6 Å². The molecule has 0 saturated heterocycles. The molecule has 1 aromatic rings. The summed E-state index contributed by atoms with van der Waals surface area (Å²) in [5, 5.41) is 0. The normalized spacial score (nSPS) is 22.5. The summed E-state index contributed by atoms with van der Waals surface area (Å²) < 4.78 is 65.8. The van der Waals surface area contributed by atoms with Crippen molar-refractivity contribution in [2.75, 3.05) is 6.54 Å². The van der Waals surface area contributed by atoms with Crippen LogP contribution in [0.15, 0.2) is 34.2 Å². The van der Waals surface area contributed by atoms with E-state index in [1.54, 1.807) is 6.21 Å². The standard InChI is InChI=1S/C15H17F3N2O2S/c16-15(17,18)11-2-1-3-14(10-11)23(21,22)20(12-4-5-12)13-6-8-19-9-7-13/h1-3,8,10,12-13H,4-7,9H2. The summed E-state index contributed by atoms with van der Waals surface area (Å²) in [7, 11) is -3.95. The Balaban J connectivity index is 1.97. The molecule has 1 aliphatic carbocycles. The van der Waals surface area contributed by atoms with Crippen molar-refractivity contribution < 1.29 is 21.6 Å². The zero-order valence-corrected chi connectivity index (χ0v) is 13.1. The number of hydrogen-bond donors (Lipinski definition) is 0. The van der Waals surface area contributed by atoms with Gasteiger partial charge in [0.1, 0.15) is 0 Å². The molecule has 1 fully saturated rings. The molecule has 0 amide bonds. The summed E-state index contributed by atoms with van der Waals surface area (Å²) in [6.45, 7) is 0.548. The summed E-state index contributed by atoms with van der Waals surface area (Å²) in [6.07, 6.45) is -0.240. The van der Waals surface area contributed by atoms with Crippen molar-refractivity contribution in [3.8, 4) is 0 Å². The van der Waals surface area contributed by atoms with Gasteiger partial charge in [-0.2, -0.15) is 17.5 Å². The van der Waals surface area contributed by atoms with Crippen molar-refractivity contribution in [2.24, 2.45) is 4.99 Å². The third kappa shape index (κ3) is 3.42. The lowest BCUT2D eigenvalue weighted by Crippen LogP contribution is -2.43. The zero-order chi connectivity index (χ0) is 16.7. The molecule has 1 aromatic carbocycles. The fraction of sp³-hybridized carbons (Fsp3) is 0.533. The second-order valence-electron chi connectivity index (χ2n) is 5.86. The third-order valence-electron chi connectivity index (χ3n) is 4.10. The van der Waals surface area contributed by atoms with Gasteiger partial charge >= 0.3 is 6.18 Å². The minimum absolute atomic E-state index is 0.106. The van der Waals surface area contributed by atoms with Crippen molar-refractivity contribution in [3.63, 3.8) is 0 Å². The van der Waals surface area contributed by atoms with Gasteiger partial charge in [-0.05, 0) is 43.9 Å². The first-order valence-electron chi connectivity index (χ1n) is 7.49. The molecule has 0 radical (unpaired) electrons. The molecule has 1 heterocycles. The number of nitrogens with zero attached hydrogens (tertiary/aromatic N) is 2. The zero-order valence-electron chi connectivity index (χ0n) is 12.3. The van der Waals surface area contributed by atoms with Crippen LogP contribution in [0.2, 0.25) is 0 Å². The third-order valence-corrected chi connectivity index (χ3v) is 6.10. The minimum Gasteiger partial charge on any atom is -0.297 e. The Morgan fingerprint density at radius 1 is 1.13 bits per heavy atom. The van der Waals surface area contributed by atoms with E-state index in [-0.39, 0.29) is 17.0 Å². The van der Waals surface area contributed by atoms with Gasteiger partial charge in [0.15, 0.2) is 0 Å². The molecule has 1 aliphatic heterocycles. The van der Waals surface area contributed by atoms with Gasteiger partial charge in [-0.15, -0.1) is 0 Å². The van der Waals surface area contributed by atoms with E-state index in [0.29, 0.717) is 19.4 Å². The van der Waals surface area contributed by atoms with E-state index in [4.69, 9.17) is 0 Å². The fourth-order valence-corrected chi connectivity index (χ4v) is 4.79. The molecular weight excluding hydrogens is 329 g/mol. The molecule has 1 atom stereocenters. The number of benzene rings is 1. The number of sulfonamides is 1. The number of halogens is 3. The van der Waals surface area contributed by atoms with Gasteiger partial charge in [-0.3, -0.25) is 4.99 Å². The smallest absolute Gasteiger partial charge is 0.297 e. The molecule has 8 heteroatoms. The summed E-state index contributed by atoms with van der Waals surface area (Å²) >= 11 is 0. The van der Waals surface area contributed by atoms with Crippen molar-refractivity contribution >= 4 is 16.2 Å². The van der Waals surface area contributed by atoms with Crippen molar-refractivity contribution in [1.82, 2.24) is 4.31 Å². The number of hydrogen-bond acceptors (Lipinski definition) is 3. The van der Waals surface area contributed by atoms with Gasteiger partial charge in [0.25, 0.3) is 0 Å². The van der Waals surface area contributed by atoms with Crippen LogP contribution in [0.3, 0.4) is 0 Å². The second kappa shape index (κ2) is 5.90. The van der Waals surface area contributed by atoms with E-state index in [1.165, 1.54) is 10.4 Å². The van der Waals surface area contributed by atoms with Crippen LogP contribution < -0.4 is 0 Å². The number of alkyl halides is 3. The van der Waals surface area contributed by atoms with E-state index >= 15 is 0 Å². The first-order chi connectivity index (χ1) is 10.8. The van der Waals surface area contributed by atoms with Gasteiger partial charge in [-0.25, -0.2) is 8.42 Å². The highest BCUT2D eigenvalue weighted by atomic mass is 32.2. The Labute approximate surface area is 133 Å². The highest BCUT2D eigenvalue weighted by Crippen LogP contribution is 2.37. The Morgan fingerprint density at radius 2 is 1.87 bits per heavy atom. The summed E-state index contributed by atoms with van der Waals surface area (Å²) in [5.41, 5.74) is -0.945. The lowest BCUT2D eigenvalue weighted by Gasteiger charge is -2.31. The maximum absolute atomic E-state index is 12.9. The van der Waals surface area contributed by atoms with Gasteiger partial charge in [0, 0.05) is 24.8 Å². The molecular formula is C15H17F3N2O2S. The molecule has 4 nitrogen and oxygen atoms in total. The molecule has 1 unspecified atom stereocenters. The molecule has 126 valence electrons. The van der Waals surface area contributed by atoms with Crippen LogP contribution in [0.5, 0.6) is 0 Å². The molecule has 0 N–H and O–H groups in total. The van der Waals surface area contributed by atoms with Crippen molar-refractivity contribution in [2.45, 2.75) is 48.8 Å². The molecule has 0 bridgehead atoms. The van der Waals surface area contributed by atoms with Crippen LogP contribution in [-0.4, -0.2) is 37.6 Å². The summed E-state index contributed by atoms with van der Waals surface area (Å²) in [4.78, 5) is 3.81. The monoisotopic (exact) mass is 346 g/mol.